The normalized spacial score (nSPS) is 21.3. The molecule has 4 aromatic rings. The number of carbonyl (C=O) groups excluding carboxylic acids is 2. The van der Waals surface area contributed by atoms with Crippen molar-refractivity contribution in [2.24, 2.45) is 0 Å². The SMILES string of the molecule is CCN1C(=O)[C@@](Cc2ccccc2)(c2ccccc2)N(CCCN2C(=O)[C@](Cc3ccccc3)(c3ccccc3)N(CC)C2=S)C1=S. The first-order chi connectivity index (χ1) is 22.9. The van der Waals surface area contributed by atoms with Gasteiger partial charge in [-0.2, -0.15) is 0 Å². The van der Waals surface area contributed by atoms with Gasteiger partial charge < -0.3 is 9.80 Å². The first-order valence-electron chi connectivity index (χ1n) is 16.3. The van der Waals surface area contributed by atoms with Crippen LogP contribution in [0.3, 0.4) is 0 Å². The summed E-state index contributed by atoms with van der Waals surface area (Å²) in [6, 6.07) is 40.2. The standard InChI is InChI=1S/C39H40N4O2S2/c1-3-40-34(44)39(33-24-15-8-16-25-33,29-31-20-11-6-12-21-31)43(36(40)46)27-17-26-41-35(45)38(42(4-2)37(41)47,32-22-13-7-14-23-32)28-30-18-9-5-10-19-30/h5-16,18-25H,3-4,17,26-29H2,1-2H3/t38-,39+/m0/s1. The van der Waals surface area contributed by atoms with Crippen LogP contribution in [0.5, 0.6) is 0 Å². The lowest BCUT2D eigenvalue weighted by atomic mass is 9.82. The van der Waals surface area contributed by atoms with E-state index in [1.165, 1.54) is 0 Å². The smallest absolute Gasteiger partial charge is 0.259 e. The number of rotatable bonds is 12. The summed E-state index contributed by atoms with van der Waals surface area (Å²) in [5.41, 5.74) is 2.01. The van der Waals surface area contributed by atoms with E-state index in [4.69, 9.17) is 24.4 Å². The predicted octanol–water partition coefficient (Wildman–Crippen LogP) is 6.55. The summed E-state index contributed by atoms with van der Waals surface area (Å²) in [5.74, 6) is -0.0378. The molecule has 0 unspecified atom stereocenters. The van der Waals surface area contributed by atoms with Gasteiger partial charge in [0.25, 0.3) is 11.8 Å². The van der Waals surface area contributed by atoms with Crippen LogP contribution in [0.25, 0.3) is 0 Å². The molecule has 2 aliphatic heterocycles. The van der Waals surface area contributed by atoms with E-state index in [1.54, 1.807) is 9.80 Å². The molecule has 2 atom stereocenters. The molecule has 8 heteroatoms. The van der Waals surface area contributed by atoms with Crippen LogP contribution in [-0.4, -0.2) is 67.8 Å². The molecule has 47 heavy (non-hydrogen) atoms. The van der Waals surface area contributed by atoms with Crippen molar-refractivity contribution in [1.82, 2.24) is 19.6 Å². The average Bonchev–Trinajstić information content (AvgIpc) is 3.44. The fraction of sp³-hybridized carbons (Fsp3) is 0.282. The van der Waals surface area contributed by atoms with Gasteiger partial charge in [0, 0.05) is 39.0 Å². The van der Waals surface area contributed by atoms with E-state index < -0.39 is 11.1 Å². The van der Waals surface area contributed by atoms with Crippen molar-refractivity contribution in [3.63, 3.8) is 0 Å². The number of carbonyl (C=O) groups is 2. The monoisotopic (exact) mass is 660 g/mol. The molecule has 6 nitrogen and oxygen atoms in total. The van der Waals surface area contributed by atoms with Gasteiger partial charge in [0.2, 0.25) is 0 Å². The molecule has 2 saturated heterocycles. The number of hydrogen-bond donors (Lipinski definition) is 0. The molecule has 0 bridgehead atoms. The molecular formula is C39H40N4O2S2. The van der Waals surface area contributed by atoms with Gasteiger partial charge in [-0.1, -0.05) is 121 Å². The molecule has 6 rings (SSSR count). The van der Waals surface area contributed by atoms with Gasteiger partial charge in [0.1, 0.15) is 0 Å². The molecule has 2 amide bonds. The summed E-state index contributed by atoms with van der Waals surface area (Å²) in [4.78, 5) is 36.8. The Labute approximate surface area is 288 Å². The van der Waals surface area contributed by atoms with Gasteiger partial charge in [0.15, 0.2) is 21.3 Å². The summed E-state index contributed by atoms with van der Waals surface area (Å²) in [6.45, 7) is 5.98. The highest BCUT2D eigenvalue weighted by Gasteiger charge is 2.57. The molecule has 2 aliphatic rings. The Morgan fingerprint density at radius 3 is 1.36 bits per heavy atom. The minimum Gasteiger partial charge on any atom is -0.330 e. The second-order valence-electron chi connectivity index (χ2n) is 12.1. The fourth-order valence-electron chi connectivity index (χ4n) is 7.34. The maximum Gasteiger partial charge on any atom is 0.259 e. The zero-order valence-corrected chi connectivity index (χ0v) is 28.6. The summed E-state index contributed by atoms with van der Waals surface area (Å²) >= 11 is 12.1. The minimum atomic E-state index is -0.998. The maximum absolute atomic E-state index is 14.7. The molecule has 0 saturated carbocycles. The minimum absolute atomic E-state index is 0.0177. The van der Waals surface area contributed by atoms with Crippen molar-refractivity contribution in [2.45, 2.75) is 44.2 Å². The second kappa shape index (κ2) is 13.8. The Morgan fingerprint density at radius 1 is 0.511 bits per heavy atom. The Morgan fingerprint density at radius 2 is 0.915 bits per heavy atom. The van der Waals surface area contributed by atoms with Crippen LogP contribution in [-0.2, 0) is 33.5 Å². The lowest BCUT2D eigenvalue weighted by Crippen LogP contribution is -2.50. The van der Waals surface area contributed by atoms with Crippen molar-refractivity contribution in [1.29, 1.82) is 0 Å². The molecule has 0 aliphatic carbocycles. The van der Waals surface area contributed by atoms with Gasteiger partial charge in [0.05, 0.1) is 0 Å². The van der Waals surface area contributed by atoms with Crippen LogP contribution in [0.15, 0.2) is 121 Å². The van der Waals surface area contributed by atoms with Gasteiger partial charge >= 0.3 is 0 Å². The van der Waals surface area contributed by atoms with Gasteiger partial charge in [-0.3, -0.25) is 19.4 Å². The number of hydrogen-bond acceptors (Lipinski definition) is 4. The first kappa shape index (κ1) is 32.5. The average molecular weight is 661 g/mol. The summed E-state index contributed by atoms with van der Waals surface area (Å²) < 4.78 is 0. The van der Waals surface area contributed by atoms with E-state index in [1.807, 2.05) is 104 Å². The third-order valence-electron chi connectivity index (χ3n) is 9.55. The van der Waals surface area contributed by atoms with Crippen LogP contribution in [0.4, 0.5) is 0 Å². The van der Waals surface area contributed by atoms with Crippen LogP contribution in [0, 0.1) is 0 Å². The van der Waals surface area contributed by atoms with Crippen molar-refractivity contribution in [3.05, 3.63) is 144 Å². The zero-order valence-electron chi connectivity index (χ0n) is 26.9. The largest absolute Gasteiger partial charge is 0.330 e. The van der Waals surface area contributed by atoms with E-state index in [0.29, 0.717) is 55.7 Å². The second-order valence-corrected chi connectivity index (χ2v) is 12.8. The number of likely N-dealkylation sites (N-methyl/N-ethyl adjacent to an activating group) is 2. The Hall–Kier alpha value is -4.40. The number of nitrogens with zero attached hydrogens (tertiary/aromatic N) is 4. The molecule has 2 fully saturated rings. The topological polar surface area (TPSA) is 47.1 Å². The van der Waals surface area contributed by atoms with Crippen molar-refractivity contribution < 1.29 is 9.59 Å². The van der Waals surface area contributed by atoms with E-state index in [-0.39, 0.29) is 11.8 Å². The quantitative estimate of drug-likeness (QED) is 0.161. The molecule has 0 spiro atoms. The van der Waals surface area contributed by atoms with Crippen LogP contribution < -0.4 is 0 Å². The molecule has 0 radical (unpaired) electrons. The molecule has 0 aromatic heterocycles. The highest BCUT2D eigenvalue weighted by atomic mass is 32.1. The fourth-order valence-corrected chi connectivity index (χ4v) is 8.26. The molecule has 2 heterocycles. The van der Waals surface area contributed by atoms with Crippen LogP contribution in [0.1, 0.15) is 42.5 Å². The summed E-state index contributed by atoms with van der Waals surface area (Å²) in [6.07, 6.45) is 1.56. The Bertz CT molecular complexity index is 1740. The highest BCUT2D eigenvalue weighted by Crippen LogP contribution is 2.43. The third kappa shape index (κ3) is 5.63. The number of amides is 2. The van der Waals surface area contributed by atoms with Gasteiger partial charge in [-0.15, -0.1) is 0 Å². The van der Waals surface area contributed by atoms with Crippen molar-refractivity contribution >= 4 is 46.5 Å². The van der Waals surface area contributed by atoms with E-state index in [2.05, 4.69) is 41.0 Å². The molecule has 0 N–H and O–H groups in total. The highest BCUT2D eigenvalue weighted by molar-refractivity contribution is 7.80. The lowest BCUT2D eigenvalue weighted by Gasteiger charge is -2.37. The summed E-state index contributed by atoms with van der Waals surface area (Å²) in [7, 11) is 0. The van der Waals surface area contributed by atoms with Gasteiger partial charge in [-0.25, -0.2) is 0 Å². The zero-order chi connectivity index (χ0) is 33.0. The first-order valence-corrected chi connectivity index (χ1v) is 17.2. The van der Waals surface area contributed by atoms with Crippen molar-refractivity contribution in [3.8, 4) is 0 Å². The maximum atomic E-state index is 14.7. The molecule has 4 aromatic carbocycles. The van der Waals surface area contributed by atoms with Crippen LogP contribution in [0.2, 0.25) is 0 Å². The number of benzene rings is 4. The van der Waals surface area contributed by atoms with E-state index in [0.717, 1.165) is 22.3 Å². The number of thiocarbonyl (C=S) groups is 2. The summed E-state index contributed by atoms with van der Waals surface area (Å²) in [5, 5.41) is 1.05. The third-order valence-corrected chi connectivity index (χ3v) is 10.4. The lowest BCUT2D eigenvalue weighted by molar-refractivity contribution is -0.135. The Balaban J connectivity index is 1.33. The van der Waals surface area contributed by atoms with Gasteiger partial charge in [-0.05, 0) is 67.0 Å². The van der Waals surface area contributed by atoms with E-state index in [9.17, 15) is 9.59 Å². The van der Waals surface area contributed by atoms with Crippen molar-refractivity contribution in [2.75, 3.05) is 26.2 Å². The Kier molecular flexibility index (Phi) is 9.52. The van der Waals surface area contributed by atoms with Crippen LogP contribution >= 0.6 is 24.4 Å². The molecular weight excluding hydrogens is 621 g/mol. The molecule has 240 valence electrons. The van der Waals surface area contributed by atoms with E-state index >= 15 is 0 Å². The predicted molar refractivity (Wildman–Crippen MR) is 195 cm³/mol.